The third-order valence-electron chi connectivity index (χ3n) is 4.12. The Kier molecular flexibility index (Phi) is 4.32. The van der Waals surface area contributed by atoms with Crippen molar-refractivity contribution in [2.45, 2.75) is 30.7 Å². The molecule has 110 valence electrons. The molecule has 21 heavy (non-hydrogen) atoms. The van der Waals surface area contributed by atoms with Crippen LogP contribution in [0.5, 0.6) is 0 Å². The predicted octanol–water partition coefficient (Wildman–Crippen LogP) is 4.67. The number of thioether (sulfide) groups is 1. The van der Waals surface area contributed by atoms with Gasteiger partial charge in [0.05, 0.1) is 0 Å². The molecule has 0 aromatic heterocycles. The van der Waals surface area contributed by atoms with E-state index >= 15 is 0 Å². The van der Waals surface area contributed by atoms with Crippen LogP contribution in [-0.4, -0.2) is 12.3 Å². The van der Waals surface area contributed by atoms with Crippen molar-refractivity contribution in [1.82, 2.24) is 5.32 Å². The molecule has 0 saturated carbocycles. The number of halogens is 1. The van der Waals surface area contributed by atoms with E-state index in [-0.39, 0.29) is 11.9 Å². The highest BCUT2D eigenvalue weighted by Crippen LogP contribution is 2.45. The Morgan fingerprint density at radius 2 is 2.10 bits per heavy atom. The van der Waals surface area contributed by atoms with E-state index < -0.39 is 0 Å². The molecule has 3 heteroatoms. The van der Waals surface area contributed by atoms with Crippen LogP contribution in [-0.2, 0) is 0 Å². The first-order chi connectivity index (χ1) is 10.2. The van der Waals surface area contributed by atoms with Gasteiger partial charge in [-0.3, -0.25) is 0 Å². The lowest BCUT2D eigenvalue weighted by Gasteiger charge is -2.25. The number of likely N-dealkylation sites (N-methyl/N-ethyl adjacent to an activating group) is 1. The number of nitrogens with one attached hydrogen (secondary N) is 1. The molecule has 1 aliphatic rings. The molecular formula is C18H20FNS. The Bertz CT molecular complexity index is 641. The summed E-state index contributed by atoms with van der Waals surface area (Å²) >= 11 is 1.90. The maximum atomic E-state index is 13.9. The summed E-state index contributed by atoms with van der Waals surface area (Å²) < 4.78 is 13.9. The maximum absolute atomic E-state index is 13.9. The van der Waals surface area contributed by atoms with Gasteiger partial charge in [-0.05, 0) is 42.3 Å². The van der Waals surface area contributed by atoms with Gasteiger partial charge in [-0.2, -0.15) is 0 Å². The van der Waals surface area contributed by atoms with Crippen molar-refractivity contribution in [2.24, 2.45) is 0 Å². The highest BCUT2D eigenvalue weighted by atomic mass is 32.2. The summed E-state index contributed by atoms with van der Waals surface area (Å²) in [4.78, 5) is 1.36. The van der Waals surface area contributed by atoms with Gasteiger partial charge in [-0.15, -0.1) is 11.8 Å². The van der Waals surface area contributed by atoms with Gasteiger partial charge in [0.25, 0.3) is 0 Å². The lowest BCUT2D eigenvalue weighted by atomic mass is 9.88. The number of aryl methyl sites for hydroxylation is 1. The molecule has 1 aliphatic heterocycles. The van der Waals surface area contributed by atoms with Crippen molar-refractivity contribution < 1.29 is 4.39 Å². The number of rotatable bonds is 4. The van der Waals surface area contributed by atoms with E-state index in [1.807, 2.05) is 24.8 Å². The lowest BCUT2D eigenvalue weighted by Crippen LogP contribution is -2.27. The fourth-order valence-corrected chi connectivity index (χ4v) is 4.27. The van der Waals surface area contributed by atoms with Gasteiger partial charge in [0.2, 0.25) is 0 Å². The highest BCUT2D eigenvalue weighted by molar-refractivity contribution is 7.99. The molecule has 1 nitrogen and oxygen atoms in total. The third kappa shape index (κ3) is 2.85. The minimum atomic E-state index is -0.116. The van der Waals surface area contributed by atoms with E-state index in [1.165, 1.54) is 10.5 Å². The number of fused-ring (bicyclic) bond motifs is 1. The molecule has 0 spiro atoms. The van der Waals surface area contributed by atoms with Crippen molar-refractivity contribution in [1.29, 1.82) is 0 Å². The zero-order valence-electron chi connectivity index (χ0n) is 12.4. The van der Waals surface area contributed by atoms with Crippen LogP contribution in [0.25, 0.3) is 0 Å². The number of benzene rings is 2. The van der Waals surface area contributed by atoms with Crippen LogP contribution < -0.4 is 5.32 Å². The standard InChI is InChI=1S/C18H20FNS/c1-3-20-18(13-9-8-12(2)16(19)10-13)15-11-21-17-7-5-4-6-14(15)17/h4-10,15,18,20H,3,11H2,1-2H3. The molecule has 0 amide bonds. The molecule has 2 unspecified atom stereocenters. The first kappa shape index (κ1) is 14.6. The second-order valence-corrected chi connectivity index (χ2v) is 6.56. The van der Waals surface area contributed by atoms with Gasteiger partial charge < -0.3 is 5.32 Å². The smallest absolute Gasteiger partial charge is 0.126 e. The van der Waals surface area contributed by atoms with Gasteiger partial charge in [0.15, 0.2) is 0 Å². The van der Waals surface area contributed by atoms with Crippen molar-refractivity contribution in [3.8, 4) is 0 Å². The maximum Gasteiger partial charge on any atom is 0.126 e. The summed E-state index contributed by atoms with van der Waals surface area (Å²) in [5.41, 5.74) is 3.13. The third-order valence-corrected chi connectivity index (χ3v) is 5.33. The van der Waals surface area contributed by atoms with E-state index in [1.54, 1.807) is 6.07 Å². The minimum absolute atomic E-state index is 0.116. The molecule has 3 rings (SSSR count). The van der Waals surface area contributed by atoms with Crippen LogP contribution in [0.1, 0.15) is 35.6 Å². The van der Waals surface area contributed by atoms with Crippen molar-refractivity contribution in [3.63, 3.8) is 0 Å². The molecule has 0 fully saturated rings. The minimum Gasteiger partial charge on any atom is -0.310 e. The second-order valence-electron chi connectivity index (χ2n) is 5.50. The van der Waals surface area contributed by atoms with Crippen LogP contribution in [0.2, 0.25) is 0 Å². The van der Waals surface area contributed by atoms with E-state index in [4.69, 9.17) is 0 Å². The fraction of sp³-hybridized carbons (Fsp3) is 0.333. The number of hydrogen-bond acceptors (Lipinski definition) is 2. The van der Waals surface area contributed by atoms with Gasteiger partial charge >= 0.3 is 0 Å². The Morgan fingerprint density at radius 1 is 1.29 bits per heavy atom. The first-order valence-electron chi connectivity index (χ1n) is 7.42. The van der Waals surface area contributed by atoms with Gasteiger partial charge in [-0.1, -0.05) is 37.3 Å². The Balaban J connectivity index is 1.97. The fourth-order valence-electron chi connectivity index (χ4n) is 2.98. The van der Waals surface area contributed by atoms with Gasteiger partial charge in [0.1, 0.15) is 5.82 Å². The largest absolute Gasteiger partial charge is 0.310 e. The average Bonchev–Trinajstić information content (AvgIpc) is 2.92. The predicted molar refractivity (Wildman–Crippen MR) is 87.5 cm³/mol. The molecular weight excluding hydrogens is 281 g/mol. The molecule has 0 radical (unpaired) electrons. The van der Waals surface area contributed by atoms with E-state index in [0.29, 0.717) is 11.5 Å². The quantitative estimate of drug-likeness (QED) is 0.880. The van der Waals surface area contributed by atoms with Crippen molar-refractivity contribution >= 4 is 11.8 Å². The topological polar surface area (TPSA) is 12.0 Å². The molecule has 0 aliphatic carbocycles. The average molecular weight is 301 g/mol. The van der Waals surface area contributed by atoms with Crippen LogP contribution in [0.4, 0.5) is 4.39 Å². The van der Waals surface area contributed by atoms with Gasteiger partial charge in [-0.25, -0.2) is 4.39 Å². The van der Waals surface area contributed by atoms with Crippen LogP contribution in [0.3, 0.4) is 0 Å². The molecule has 1 heterocycles. The summed E-state index contributed by atoms with van der Waals surface area (Å²) in [7, 11) is 0. The van der Waals surface area contributed by atoms with Crippen LogP contribution >= 0.6 is 11.8 Å². The molecule has 0 bridgehead atoms. The van der Waals surface area contributed by atoms with Crippen LogP contribution in [0.15, 0.2) is 47.4 Å². The Hall–Kier alpha value is -1.32. The SMILES string of the molecule is CCNC(c1ccc(C)c(F)c1)C1CSc2ccccc21. The molecule has 2 aromatic carbocycles. The highest BCUT2D eigenvalue weighted by Gasteiger charge is 2.30. The summed E-state index contributed by atoms with van der Waals surface area (Å²) in [5, 5.41) is 3.55. The molecule has 2 aromatic rings. The molecule has 1 N–H and O–H groups in total. The number of hydrogen-bond donors (Lipinski definition) is 1. The summed E-state index contributed by atoms with van der Waals surface area (Å²) in [6, 6.07) is 14.3. The van der Waals surface area contributed by atoms with E-state index in [2.05, 4.69) is 42.6 Å². The summed E-state index contributed by atoms with van der Waals surface area (Å²) in [5.74, 6) is 1.33. The zero-order chi connectivity index (χ0) is 14.8. The first-order valence-corrected chi connectivity index (χ1v) is 8.40. The Morgan fingerprint density at radius 3 is 2.86 bits per heavy atom. The lowest BCUT2D eigenvalue weighted by molar-refractivity contribution is 0.481. The summed E-state index contributed by atoms with van der Waals surface area (Å²) in [6.45, 7) is 4.79. The van der Waals surface area contributed by atoms with Crippen molar-refractivity contribution in [2.75, 3.05) is 12.3 Å². The molecule has 2 atom stereocenters. The Labute approximate surface area is 130 Å². The van der Waals surface area contributed by atoms with Crippen LogP contribution in [0, 0.1) is 12.7 Å². The zero-order valence-corrected chi connectivity index (χ0v) is 13.2. The van der Waals surface area contributed by atoms with Crippen molar-refractivity contribution in [3.05, 3.63) is 65.0 Å². The summed E-state index contributed by atoms with van der Waals surface area (Å²) in [6.07, 6.45) is 0. The molecule has 0 saturated heterocycles. The second kappa shape index (κ2) is 6.20. The monoisotopic (exact) mass is 301 g/mol. The van der Waals surface area contributed by atoms with E-state index in [9.17, 15) is 4.39 Å². The van der Waals surface area contributed by atoms with E-state index in [0.717, 1.165) is 17.9 Å². The normalized spacial score (nSPS) is 18.5. The van der Waals surface area contributed by atoms with Gasteiger partial charge in [0, 0.05) is 22.6 Å².